The van der Waals surface area contributed by atoms with Crippen LogP contribution in [0, 0.1) is 6.92 Å². The third-order valence-corrected chi connectivity index (χ3v) is 4.94. The fourth-order valence-electron chi connectivity index (χ4n) is 3.39. The lowest BCUT2D eigenvalue weighted by Crippen LogP contribution is -2.46. The summed E-state index contributed by atoms with van der Waals surface area (Å²) in [6.45, 7) is 8.91. The van der Waals surface area contributed by atoms with E-state index in [0.717, 1.165) is 32.6 Å². The van der Waals surface area contributed by atoms with E-state index in [1.54, 1.807) is 0 Å². The fourth-order valence-corrected chi connectivity index (χ4v) is 3.39. The highest BCUT2D eigenvalue weighted by molar-refractivity contribution is 5.40. The molecule has 1 fully saturated rings. The minimum atomic E-state index is 0.375. The quantitative estimate of drug-likeness (QED) is 0.829. The lowest BCUT2D eigenvalue weighted by atomic mass is 9.94. The number of piperazine rings is 1. The van der Waals surface area contributed by atoms with Gasteiger partial charge in [0.25, 0.3) is 0 Å². The van der Waals surface area contributed by atoms with E-state index in [1.165, 1.54) is 22.3 Å². The zero-order valence-corrected chi connectivity index (χ0v) is 14.6. The van der Waals surface area contributed by atoms with Gasteiger partial charge in [0.05, 0.1) is 6.04 Å². The van der Waals surface area contributed by atoms with Crippen LogP contribution in [0.4, 0.5) is 0 Å². The van der Waals surface area contributed by atoms with Crippen molar-refractivity contribution < 1.29 is 0 Å². The Morgan fingerprint density at radius 2 is 1.57 bits per heavy atom. The first-order chi connectivity index (χ1) is 11.1. The van der Waals surface area contributed by atoms with E-state index in [0.29, 0.717) is 6.04 Å². The number of allylic oxidation sites excluding steroid dienone is 4. The summed E-state index contributed by atoms with van der Waals surface area (Å²) >= 11 is 0. The van der Waals surface area contributed by atoms with Gasteiger partial charge in [0.2, 0.25) is 0 Å². The second kappa shape index (κ2) is 7.29. The molecule has 0 saturated carbocycles. The average Bonchev–Trinajstić information content (AvgIpc) is 2.76. The van der Waals surface area contributed by atoms with Crippen LogP contribution in [0.3, 0.4) is 0 Å². The van der Waals surface area contributed by atoms with Gasteiger partial charge in [-0.25, -0.2) is 0 Å². The molecular weight excluding hydrogens is 280 g/mol. The molecule has 0 spiro atoms. The van der Waals surface area contributed by atoms with Crippen molar-refractivity contribution in [3.05, 3.63) is 70.8 Å². The van der Waals surface area contributed by atoms with Gasteiger partial charge in [-0.05, 0) is 38.5 Å². The second-order valence-corrected chi connectivity index (χ2v) is 6.87. The van der Waals surface area contributed by atoms with E-state index in [-0.39, 0.29) is 0 Å². The van der Waals surface area contributed by atoms with Crippen LogP contribution >= 0.6 is 0 Å². The summed E-state index contributed by atoms with van der Waals surface area (Å²) in [5, 5.41) is 0. The maximum atomic E-state index is 2.64. The summed E-state index contributed by atoms with van der Waals surface area (Å²) < 4.78 is 0. The number of benzene rings is 1. The van der Waals surface area contributed by atoms with Crippen molar-refractivity contribution in [3.63, 3.8) is 0 Å². The third kappa shape index (κ3) is 4.01. The Morgan fingerprint density at radius 3 is 2.26 bits per heavy atom. The average molecular weight is 308 g/mol. The lowest BCUT2D eigenvalue weighted by molar-refractivity contribution is 0.127. The molecule has 0 bridgehead atoms. The molecule has 1 aromatic carbocycles. The van der Waals surface area contributed by atoms with Crippen LogP contribution < -0.4 is 0 Å². The van der Waals surface area contributed by atoms with Crippen molar-refractivity contribution in [2.75, 3.05) is 33.2 Å². The highest BCUT2D eigenvalue weighted by Gasteiger charge is 2.26. The van der Waals surface area contributed by atoms with Crippen molar-refractivity contribution in [1.82, 2.24) is 9.80 Å². The Hall–Kier alpha value is -1.64. The Bertz CT molecular complexity index is 614. The van der Waals surface area contributed by atoms with Crippen molar-refractivity contribution in [3.8, 4) is 0 Å². The van der Waals surface area contributed by atoms with Crippen LogP contribution in [0.15, 0.2) is 59.7 Å². The van der Waals surface area contributed by atoms with Crippen molar-refractivity contribution in [1.29, 1.82) is 0 Å². The zero-order chi connectivity index (χ0) is 16.2. The Morgan fingerprint density at radius 1 is 0.870 bits per heavy atom. The molecule has 122 valence electrons. The van der Waals surface area contributed by atoms with Gasteiger partial charge in [-0.1, -0.05) is 59.7 Å². The summed E-state index contributed by atoms with van der Waals surface area (Å²) in [7, 11) is 2.22. The number of nitrogens with zero attached hydrogens (tertiary/aromatic N) is 2. The van der Waals surface area contributed by atoms with Crippen LogP contribution in [0.1, 0.15) is 30.5 Å². The largest absolute Gasteiger partial charge is 0.304 e. The zero-order valence-electron chi connectivity index (χ0n) is 14.6. The number of aryl methyl sites for hydroxylation is 1. The van der Waals surface area contributed by atoms with Gasteiger partial charge >= 0.3 is 0 Å². The van der Waals surface area contributed by atoms with Crippen LogP contribution in [0.2, 0.25) is 0 Å². The van der Waals surface area contributed by atoms with E-state index in [9.17, 15) is 0 Å². The highest BCUT2D eigenvalue weighted by Crippen LogP contribution is 2.32. The van der Waals surface area contributed by atoms with Crippen molar-refractivity contribution in [2.45, 2.75) is 26.3 Å². The van der Waals surface area contributed by atoms with Gasteiger partial charge in [0.15, 0.2) is 0 Å². The van der Waals surface area contributed by atoms with Crippen molar-refractivity contribution >= 4 is 0 Å². The van der Waals surface area contributed by atoms with Crippen LogP contribution in [-0.2, 0) is 0 Å². The summed E-state index contributed by atoms with van der Waals surface area (Å²) in [6.07, 6.45) is 10.3. The van der Waals surface area contributed by atoms with Gasteiger partial charge in [0.1, 0.15) is 0 Å². The van der Waals surface area contributed by atoms with Gasteiger partial charge in [-0.15, -0.1) is 0 Å². The third-order valence-electron chi connectivity index (χ3n) is 4.94. The summed E-state index contributed by atoms with van der Waals surface area (Å²) in [4.78, 5) is 5.06. The Kier molecular flexibility index (Phi) is 5.14. The minimum absolute atomic E-state index is 0.375. The summed E-state index contributed by atoms with van der Waals surface area (Å²) in [5.74, 6) is 0. The molecule has 2 nitrogen and oxygen atoms in total. The maximum Gasteiger partial charge on any atom is 0.0599 e. The molecule has 0 amide bonds. The predicted octanol–water partition coefficient (Wildman–Crippen LogP) is 4.12. The molecule has 1 unspecified atom stereocenters. The smallest absolute Gasteiger partial charge is 0.0599 e. The van der Waals surface area contributed by atoms with Gasteiger partial charge in [-0.2, -0.15) is 0 Å². The number of hydrogen-bond acceptors (Lipinski definition) is 2. The molecule has 0 aromatic heterocycles. The van der Waals surface area contributed by atoms with Gasteiger partial charge < -0.3 is 4.90 Å². The maximum absolute atomic E-state index is 2.64. The fraction of sp³-hybridized carbons (Fsp3) is 0.429. The molecule has 1 saturated heterocycles. The number of rotatable bonds is 3. The van der Waals surface area contributed by atoms with E-state index in [1.807, 2.05) is 0 Å². The van der Waals surface area contributed by atoms with Gasteiger partial charge in [0, 0.05) is 26.2 Å². The normalized spacial score (nSPS) is 21.5. The van der Waals surface area contributed by atoms with Crippen LogP contribution in [0.25, 0.3) is 0 Å². The minimum Gasteiger partial charge on any atom is -0.304 e. The highest BCUT2D eigenvalue weighted by atomic mass is 15.3. The summed E-state index contributed by atoms with van der Waals surface area (Å²) in [5.41, 5.74) is 5.54. The molecule has 2 aliphatic rings. The molecule has 23 heavy (non-hydrogen) atoms. The molecule has 1 aliphatic carbocycles. The molecule has 1 aromatic rings. The lowest BCUT2D eigenvalue weighted by Gasteiger charge is -2.39. The van der Waals surface area contributed by atoms with Crippen LogP contribution in [0.5, 0.6) is 0 Å². The second-order valence-electron chi connectivity index (χ2n) is 6.87. The van der Waals surface area contributed by atoms with E-state index in [2.05, 4.69) is 79.3 Å². The first-order valence-electron chi connectivity index (χ1n) is 8.67. The Balaban J connectivity index is 1.91. The van der Waals surface area contributed by atoms with Gasteiger partial charge in [-0.3, -0.25) is 4.90 Å². The van der Waals surface area contributed by atoms with E-state index in [4.69, 9.17) is 0 Å². The molecule has 1 aliphatic heterocycles. The number of likely N-dealkylation sites (N-methyl/N-ethyl adjacent to an activating group) is 1. The standard InChI is InChI=1S/C21H28N2/c1-17-5-4-6-19(10-7-17)21(20-11-8-18(2)9-12-20)23-15-13-22(3)14-16-23/h5-12,21H,4,13-16H2,1-3H3. The molecule has 1 heterocycles. The molecule has 0 radical (unpaired) electrons. The van der Waals surface area contributed by atoms with E-state index >= 15 is 0 Å². The van der Waals surface area contributed by atoms with E-state index < -0.39 is 0 Å². The first-order valence-corrected chi connectivity index (χ1v) is 8.67. The Labute approximate surface area is 140 Å². The van der Waals surface area contributed by atoms with Crippen LogP contribution in [-0.4, -0.2) is 43.0 Å². The molecule has 1 atom stereocenters. The SMILES string of the molecule is CC1=CCC=C(C(c2ccc(C)cc2)N2CCN(C)CC2)C=C1. The first kappa shape index (κ1) is 16.2. The monoisotopic (exact) mass is 308 g/mol. The van der Waals surface area contributed by atoms with Crippen molar-refractivity contribution in [2.24, 2.45) is 0 Å². The molecular formula is C21H28N2. The predicted molar refractivity (Wildman–Crippen MR) is 98.6 cm³/mol. The molecule has 3 rings (SSSR count). The molecule has 0 N–H and O–H groups in total. The summed E-state index contributed by atoms with van der Waals surface area (Å²) in [6, 6.07) is 9.46. The molecule has 2 heteroatoms. The number of hydrogen-bond donors (Lipinski definition) is 0. The topological polar surface area (TPSA) is 6.48 Å².